The number of pyridine rings is 1. The van der Waals surface area contributed by atoms with Gasteiger partial charge in [-0.05, 0) is 37.0 Å². The van der Waals surface area contributed by atoms with Crippen molar-refractivity contribution in [2.45, 2.75) is 40.2 Å². The van der Waals surface area contributed by atoms with Crippen LogP contribution in [0.15, 0.2) is 30.5 Å². The van der Waals surface area contributed by atoms with Gasteiger partial charge in [0, 0.05) is 23.5 Å². The molecule has 3 heteroatoms. The zero-order valence-electron chi connectivity index (χ0n) is 12.5. The Morgan fingerprint density at radius 2 is 1.90 bits per heavy atom. The number of aryl methyl sites for hydroxylation is 2. The van der Waals surface area contributed by atoms with Gasteiger partial charge in [0.05, 0.1) is 6.61 Å². The van der Waals surface area contributed by atoms with Crippen molar-refractivity contribution in [3.63, 3.8) is 0 Å². The lowest BCUT2D eigenvalue weighted by molar-refractivity contribution is 0.276. The number of aliphatic hydroxyl groups excluding tert-OH is 1. The first kappa shape index (κ1) is 14.5. The molecule has 0 aliphatic rings. The summed E-state index contributed by atoms with van der Waals surface area (Å²) in [6.45, 7) is 8.16. The van der Waals surface area contributed by atoms with Gasteiger partial charge >= 0.3 is 0 Å². The highest BCUT2D eigenvalue weighted by Crippen LogP contribution is 2.30. The van der Waals surface area contributed by atoms with Crippen LogP contribution >= 0.6 is 0 Å². The quantitative estimate of drug-likeness (QED) is 0.910. The average Bonchev–Trinajstić information content (AvgIpc) is 2.41. The summed E-state index contributed by atoms with van der Waals surface area (Å²) in [7, 11) is 0. The van der Waals surface area contributed by atoms with E-state index in [4.69, 9.17) is 4.74 Å². The fourth-order valence-corrected chi connectivity index (χ4v) is 1.98. The number of rotatable bonds is 4. The molecular weight excluding hydrogens is 250 g/mol. The van der Waals surface area contributed by atoms with Crippen molar-refractivity contribution in [3.05, 3.63) is 52.8 Å². The molecule has 1 aromatic carbocycles. The lowest BCUT2D eigenvalue weighted by atomic mass is 10.0. The van der Waals surface area contributed by atoms with Gasteiger partial charge in [-0.2, -0.15) is 0 Å². The van der Waals surface area contributed by atoms with Gasteiger partial charge in [-0.3, -0.25) is 4.98 Å². The van der Waals surface area contributed by atoms with Crippen LogP contribution < -0.4 is 4.74 Å². The molecule has 3 nitrogen and oxygen atoms in total. The number of aliphatic hydroxyl groups is 1. The Hall–Kier alpha value is -1.87. The van der Waals surface area contributed by atoms with Crippen LogP contribution in [0.1, 0.15) is 42.1 Å². The molecule has 1 N–H and O–H groups in total. The van der Waals surface area contributed by atoms with Crippen LogP contribution in [0.5, 0.6) is 11.5 Å². The number of nitrogens with zero attached hydrogens (tertiary/aromatic N) is 1. The topological polar surface area (TPSA) is 42.4 Å². The highest BCUT2D eigenvalue weighted by molar-refractivity contribution is 5.43. The second-order valence-electron chi connectivity index (χ2n) is 5.37. The second-order valence-corrected chi connectivity index (χ2v) is 5.37. The molecule has 0 unspecified atom stereocenters. The van der Waals surface area contributed by atoms with Crippen molar-refractivity contribution >= 4 is 0 Å². The molecule has 2 rings (SSSR count). The molecule has 1 heterocycles. The van der Waals surface area contributed by atoms with Crippen LogP contribution in [0.2, 0.25) is 0 Å². The van der Waals surface area contributed by atoms with Crippen molar-refractivity contribution in [2.75, 3.05) is 0 Å². The molecule has 0 saturated heterocycles. The lowest BCUT2D eigenvalue weighted by Gasteiger charge is -2.14. The number of ether oxygens (including phenoxy) is 1. The number of hydrogen-bond donors (Lipinski definition) is 1. The zero-order chi connectivity index (χ0) is 14.7. The molecule has 0 bridgehead atoms. The molecule has 1 aromatic heterocycles. The van der Waals surface area contributed by atoms with Gasteiger partial charge in [-0.1, -0.05) is 26.0 Å². The normalized spacial score (nSPS) is 10.9. The Labute approximate surface area is 120 Å². The first-order chi connectivity index (χ1) is 9.51. The van der Waals surface area contributed by atoms with E-state index in [0.717, 1.165) is 17.0 Å². The highest BCUT2D eigenvalue weighted by Gasteiger charge is 2.09. The van der Waals surface area contributed by atoms with E-state index in [1.54, 1.807) is 6.20 Å². The van der Waals surface area contributed by atoms with Gasteiger partial charge in [-0.25, -0.2) is 0 Å². The zero-order valence-corrected chi connectivity index (χ0v) is 12.5. The van der Waals surface area contributed by atoms with E-state index in [1.807, 2.05) is 19.9 Å². The van der Waals surface area contributed by atoms with Crippen LogP contribution in [-0.2, 0) is 6.61 Å². The summed E-state index contributed by atoms with van der Waals surface area (Å²) in [6.07, 6.45) is 1.66. The SMILES string of the molecule is Cc1cc(Oc2cc(C(C)C)ccc2C)c(CO)cn1. The molecule has 0 aliphatic carbocycles. The number of benzene rings is 1. The highest BCUT2D eigenvalue weighted by atomic mass is 16.5. The van der Waals surface area contributed by atoms with Crippen molar-refractivity contribution in [1.82, 2.24) is 4.98 Å². The van der Waals surface area contributed by atoms with Crippen LogP contribution in [-0.4, -0.2) is 10.1 Å². The fourth-order valence-electron chi connectivity index (χ4n) is 1.98. The van der Waals surface area contributed by atoms with Gasteiger partial charge < -0.3 is 9.84 Å². The fraction of sp³-hybridized carbons (Fsp3) is 0.353. The van der Waals surface area contributed by atoms with E-state index in [0.29, 0.717) is 17.2 Å². The van der Waals surface area contributed by atoms with E-state index in [9.17, 15) is 5.11 Å². The van der Waals surface area contributed by atoms with Gasteiger partial charge in [-0.15, -0.1) is 0 Å². The smallest absolute Gasteiger partial charge is 0.136 e. The van der Waals surface area contributed by atoms with Gasteiger partial charge in [0.25, 0.3) is 0 Å². The third-order valence-corrected chi connectivity index (χ3v) is 3.35. The van der Waals surface area contributed by atoms with Crippen LogP contribution in [0.25, 0.3) is 0 Å². The van der Waals surface area contributed by atoms with Crippen LogP contribution in [0.4, 0.5) is 0 Å². The van der Waals surface area contributed by atoms with E-state index >= 15 is 0 Å². The first-order valence-corrected chi connectivity index (χ1v) is 6.86. The molecule has 0 saturated carbocycles. The maximum absolute atomic E-state index is 9.38. The predicted octanol–water partition coefficient (Wildman–Crippen LogP) is 4.11. The molecule has 0 spiro atoms. The maximum atomic E-state index is 9.38. The summed E-state index contributed by atoms with van der Waals surface area (Å²) in [5.74, 6) is 1.95. The van der Waals surface area contributed by atoms with Crippen LogP contribution in [0.3, 0.4) is 0 Å². The molecule has 2 aromatic rings. The number of hydrogen-bond acceptors (Lipinski definition) is 3. The van der Waals surface area contributed by atoms with Gasteiger partial charge in [0.15, 0.2) is 0 Å². The number of aromatic nitrogens is 1. The molecule has 0 aliphatic heterocycles. The van der Waals surface area contributed by atoms with Crippen molar-refractivity contribution in [3.8, 4) is 11.5 Å². The first-order valence-electron chi connectivity index (χ1n) is 6.86. The van der Waals surface area contributed by atoms with Crippen molar-refractivity contribution in [2.24, 2.45) is 0 Å². The molecule has 0 atom stereocenters. The van der Waals surface area contributed by atoms with Gasteiger partial charge in [0.2, 0.25) is 0 Å². The second kappa shape index (κ2) is 6.06. The largest absolute Gasteiger partial charge is 0.457 e. The van der Waals surface area contributed by atoms with Crippen molar-refractivity contribution in [1.29, 1.82) is 0 Å². The molecule has 106 valence electrons. The summed E-state index contributed by atoms with van der Waals surface area (Å²) >= 11 is 0. The summed E-state index contributed by atoms with van der Waals surface area (Å²) < 4.78 is 6.00. The molecule has 20 heavy (non-hydrogen) atoms. The maximum Gasteiger partial charge on any atom is 0.136 e. The molecular formula is C17H21NO2. The van der Waals surface area contributed by atoms with Gasteiger partial charge in [0.1, 0.15) is 11.5 Å². The molecule has 0 amide bonds. The standard InChI is InChI=1S/C17H21NO2/c1-11(2)14-6-5-12(3)16(8-14)20-17-7-13(4)18-9-15(17)10-19/h5-9,11,19H,10H2,1-4H3. The minimum absolute atomic E-state index is 0.0778. The predicted molar refractivity (Wildman–Crippen MR) is 80.2 cm³/mol. The summed E-state index contributed by atoms with van der Waals surface area (Å²) in [5.41, 5.74) is 3.88. The van der Waals surface area contributed by atoms with E-state index < -0.39 is 0 Å². The Balaban J connectivity index is 2.39. The van der Waals surface area contributed by atoms with E-state index in [1.165, 1.54) is 5.56 Å². The molecule has 0 radical (unpaired) electrons. The Bertz CT molecular complexity index is 606. The Kier molecular flexibility index (Phi) is 4.40. The summed E-state index contributed by atoms with van der Waals surface area (Å²) in [6, 6.07) is 8.11. The average molecular weight is 271 g/mol. The van der Waals surface area contributed by atoms with E-state index in [-0.39, 0.29) is 6.61 Å². The Morgan fingerprint density at radius 3 is 2.55 bits per heavy atom. The lowest BCUT2D eigenvalue weighted by Crippen LogP contribution is -1.97. The molecule has 0 fully saturated rings. The minimum atomic E-state index is -0.0778. The van der Waals surface area contributed by atoms with E-state index in [2.05, 4.69) is 37.0 Å². The van der Waals surface area contributed by atoms with Crippen LogP contribution in [0, 0.1) is 13.8 Å². The monoisotopic (exact) mass is 271 g/mol. The third-order valence-electron chi connectivity index (χ3n) is 3.35. The minimum Gasteiger partial charge on any atom is -0.457 e. The third kappa shape index (κ3) is 3.17. The summed E-state index contributed by atoms with van der Waals surface area (Å²) in [5, 5.41) is 9.38. The van der Waals surface area contributed by atoms with Crippen molar-refractivity contribution < 1.29 is 9.84 Å². The summed E-state index contributed by atoms with van der Waals surface area (Å²) in [4.78, 5) is 4.18. The Morgan fingerprint density at radius 1 is 1.15 bits per heavy atom.